The topological polar surface area (TPSA) is 60.5 Å². The monoisotopic (exact) mass is 352 g/mol. The second-order valence-electron chi connectivity index (χ2n) is 5.07. The van der Waals surface area contributed by atoms with Crippen LogP contribution in [0, 0.1) is 0 Å². The van der Waals surface area contributed by atoms with Gasteiger partial charge in [-0.3, -0.25) is 4.79 Å². The van der Waals surface area contributed by atoms with Crippen molar-refractivity contribution in [1.29, 1.82) is 0 Å². The molecule has 2 aromatic rings. The third-order valence-electron chi connectivity index (χ3n) is 3.35. The Labute approximate surface area is 143 Å². The number of carbonyl (C=O) groups excluding carboxylic acids is 1. The van der Waals surface area contributed by atoms with Gasteiger partial charge < -0.3 is 14.8 Å². The number of ether oxygens (including phenoxy) is 2. The van der Waals surface area contributed by atoms with Gasteiger partial charge in [-0.25, -0.2) is 4.98 Å². The van der Waals surface area contributed by atoms with E-state index in [0.29, 0.717) is 40.4 Å². The van der Waals surface area contributed by atoms with Crippen molar-refractivity contribution in [1.82, 2.24) is 4.98 Å². The van der Waals surface area contributed by atoms with Crippen LogP contribution in [0.15, 0.2) is 36.5 Å². The Balaban J connectivity index is 1.65. The van der Waals surface area contributed by atoms with Crippen molar-refractivity contribution in [2.24, 2.45) is 0 Å². The Morgan fingerprint density at radius 1 is 1.30 bits per heavy atom. The van der Waals surface area contributed by atoms with Crippen LogP contribution in [0.25, 0.3) is 0 Å². The number of nitrogens with one attached hydrogen (secondary N) is 1. The Morgan fingerprint density at radius 3 is 2.83 bits per heavy atom. The minimum atomic E-state index is -0.308. The summed E-state index contributed by atoms with van der Waals surface area (Å²) >= 11 is 11.9. The molecule has 1 unspecified atom stereocenters. The summed E-state index contributed by atoms with van der Waals surface area (Å²) in [6.07, 6.45) is 2.33. The number of halogens is 2. The Hall–Kier alpha value is -1.82. The molecule has 1 aliphatic heterocycles. The number of amides is 1. The number of nitrogens with zero attached hydrogens (tertiary/aromatic N) is 1. The van der Waals surface area contributed by atoms with Gasteiger partial charge in [0.1, 0.15) is 6.10 Å². The van der Waals surface area contributed by atoms with Gasteiger partial charge in [0, 0.05) is 23.7 Å². The maximum Gasteiger partial charge on any atom is 0.257 e. The number of benzene rings is 1. The summed E-state index contributed by atoms with van der Waals surface area (Å²) in [7, 11) is 0. The van der Waals surface area contributed by atoms with Crippen molar-refractivity contribution in [3.63, 3.8) is 0 Å². The van der Waals surface area contributed by atoms with Crippen LogP contribution in [-0.4, -0.2) is 30.2 Å². The third-order valence-corrected chi connectivity index (χ3v) is 3.90. The fraction of sp³-hybridized carbons (Fsp3) is 0.250. The molecule has 0 saturated carbocycles. The lowest BCUT2D eigenvalue weighted by Gasteiger charge is -2.11. The van der Waals surface area contributed by atoms with Crippen LogP contribution in [0.4, 0.5) is 5.69 Å². The van der Waals surface area contributed by atoms with E-state index in [0.717, 1.165) is 6.42 Å². The molecule has 1 amide bonds. The lowest BCUT2D eigenvalue weighted by molar-refractivity contribution is 0.102. The summed E-state index contributed by atoms with van der Waals surface area (Å²) in [5.41, 5.74) is 0.899. The molecule has 0 radical (unpaired) electrons. The molecule has 1 aromatic heterocycles. The fourth-order valence-electron chi connectivity index (χ4n) is 2.15. The zero-order valence-electron chi connectivity index (χ0n) is 12.1. The highest BCUT2D eigenvalue weighted by molar-refractivity contribution is 6.36. The highest BCUT2D eigenvalue weighted by atomic mass is 35.5. The first-order valence-electron chi connectivity index (χ1n) is 7.08. The Bertz CT molecular complexity index is 701. The molecule has 1 aromatic carbocycles. The van der Waals surface area contributed by atoms with E-state index in [-0.39, 0.29) is 12.0 Å². The standard InChI is InChI=1S/C16H14Cl2N2O3/c17-11-2-3-14(13(18)7-11)20-16(21)10-1-4-15(19-8-10)23-12-5-6-22-9-12/h1-4,7-8,12H,5-6,9H2,(H,20,21). The van der Waals surface area contributed by atoms with Crippen molar-refractivity contribution in [2.45, 2.75) is 12.5 Å². The molecule has 1 saturated heterocycles. The molecule has 0 aliphatic carbocycles. The Kier molecular flexibility index (Phi) is 5.00. The average Bonchev–Trinajstić information content (AvgIpc) is 3.04. The van der Waals surface area contributed by atoms with Crippen molar-refractivity contribution in [3.8, 4) is 5.88 Å². The molecule has 1 aliphatic rings. The molecular weight excluding hydrogens is 339 g/mol. The first-order valence-corrected chi connectivity index (χ1v) is 7.84. The van der Waals surface area contributed by atoms with Gasteiger partial charge in [0.25, 0.3) is 5.91 Å². The maximum atomic E-state index is 12.2. The van der Waals surface area contributed by atoms with E-state index in [1.165, 1.54) is 6.20 Å². The van der Waals surface area contributed by atoms with Crippen LogP contribution in [0.2, 0.25) is 10.0 Å². The molecule has 0 bridgehead atoms. The van der Waals surface area contributed by atoms with Gasteiger partial charge in [0.2, 0.25) is 5.88 Å². The van der Waals surface area contributed by atoms with Gasteiger partial charge in [-0.1, -0.05) is 23.2 Å². The normalized spacial score (nSPS) is 17.0. The lowest BCUT2D eigenvalue weighted by Crippen LogP contribution is -2.17. The predicted octanol–water partition coefficient (Wildman–Crippen LogP) is 3.81. The van der Waals surface area contributed by atoms with E-state index in [9.17, 15) is 4.79 Å². The number of hydrogen-bond acceptors (Lipinski definition) is 4. The van der Waals surface area contributed by atoms with E-state index < -0.39 is 0 Å². The fourth-order valence-corrected chi connectivity index (χ4v) is 2.60. The number of carbonyl (C=O) groups is 1. The summed E-state index contributed by atoms with van der Waals surface area (Å²) in [5, 5.41) is 3.60. The van der Waals surface area contributed by atoms with E-state index >= 15 is 0 Å². The van der Waals surface area contributed by atoms with Crippen LogP contribution in [0.5, 0.6) is 5.88 Å². The quantitative estimate of drug-likeness (QED) is 0.908. The number of aromatic nitrogens is 1. The molecule has 1 atom stereocenters. The number of pyridine rings is 1. The van der Waals surface area contributed by atoms with E-state index in [1.54, 1.807) is 30.3 Å². The highest BCUT2D eigenvalue weighted by Crippen LogP contribution is 2.26. The molecule has 23 heavy (non-hydrogen) atoms. The van der Waals surface area contributed by atoms with Crippen molar-refractivity contribution in [3.05, 3.63) is 52.1 Å². The van der Waals surface area contributed by atoms with Gasteiger partial charge >= 0.3 is 0 Å². The lowest BCUT2D eigenvalue weighted by atomic mass is 10.2. The summed E-state index contributed by atoms with van der Waals surface area (Å²) in [5.74, 6) is 0.166. The van der Waals surface area contributed by atoms with Crippen LogP contribution in [0.1, 0.15) is 16.8 Å². The number of hydrogen-bond donors (Lipinski definition) is 1. The molecule has 3 rings (SSSR count). The van der Waals surface area contributed by atoms with E-state index in [1.807, 2.05) is 0 Å². The molecule has 5 nitrogen and oxygen atoms in total. The highest BCUT2D eigenvalue weighted by Gasteiger charge is 2.18. The van der Waals surface area contributed by atoms with Crippen molar-refractivity contribution < 1.29 is 14.3 Å². The summed E-state index contributed by atoms with van der Waals surface area (Å²) in [4.78, 5) is 16.4. The molecule has 1 fully saturated rings. The second kappa shape index (κ2) is 7.17. The second-order valence-corrected chi connectivity index (χ2v) is 5.91. The minimum absolute atomic E-state index is 0.0232. The molecule has 1 N–H and O–H groups in total. The molecule has 0 spiro atoms. The van der Waals surface area contributed by atoms with Gasteiger partial charge in [0.05, 0.1) is 29.5 Å². The Morgan fingerprint density at radius 2 is 2.17 bits per heavy atom. The zero-order chi connectivity index (χ0) is 16.2. The van der Waals surface area contributed by atoms with E-state index in [4.69, 9.17) is 32.7 Å². The third kappa shape index (κ3) is 4.13. The minimum Gasteiger partial charge on any atom is -0.472 e. The van der Waals surface area contributed by atoms with Gasteiger partial charge in [0.15, 0.2) is 0 Å². The van der Waals surface area contributed by atoms with E-state index in [2.05, 4.69) is 10.3 Å². The van der Waals surface area contributed by atoms with Crippen molar-refractivity contribution in [2.75, 3.05) is 18.5 Å². The average molecular weight is 353 g/mol. The van der Waals surface area contributed by atoms with Gasteiger partial charge in [-0.05, 0) is 24.3 Å². The summed E-state index contributed by atoms with van der Waals surface area (Å²) < 4.78 is 10.9. The first-order chi connectivity index (χ1) is 11.1. The van der Waals surface area contributed by atoms with Gasteiger partial charge in [-0.15, -0.1) is 0 Å². The smallest absolute Gasteiger partial charge is 0.257 e. The largest absolute Gasteiger partial charge is 0.472 e. The van der Waals surface area contributed by atoms with Crippen LogP contribution in [0.3, 0.4) is 0 Å². The SMILES string of the molecule is O=C(Nc1ccc(Cl)cc1Cl)c1ccc(OC2CCOC2)nc1. The molecule has 120 valence electrons. The summed E-state index contributed by atoms with van der Waals surface area (Å²) in [6, 6.07) is 8.18. The first kappa shape index (κ1) is 16.1. The zero-order valence-corrected chi connectivity index (χ0v) is 13.6. The van der Waals surface area contributed by atoms with Gasteiger partial charge in [-0.2, -0.15) is 0 Å². The van der Waals surface area contributed by atoms with Crippen molar-refractivity contribution >= 4 is 34.8 Å². The van der Waals surface area contributed by atoms with Crippen LogP contribution >= 0.6 is 23.2 Å². The molecular formula is C16H14Cl2N2O3. The number of anilines is 1. The maximum absolute atomic E-state index is 12.2. The predicted molar refractivity (Wildman–Crippen MR) is 88.5 cm³/mol. The molecule has 2 heterocycles. The summed E-state index contributed by atoms with van der Waals surface area (Å²) in [6.45, 7) is 1.27. The number of rotatable bonds is 4. The van der Waals surface area contributed by atoms with Crippen LogP contribution in [-0.2, 0) is 4.74 Å². The molecule has 7 heteroatoms. The van der Waals surface area contributed by atoms with Crippen LogP contribution < -0.4 is 10.1 Å².